The predicted octanol–water partition coefficient (Wildman–Crippen LogP) is 4.87. The average Bonchev–Trinajstić information content (AvgIpc) is 3.19. The molecular weight excluding hydrogens is 491 g/mol. The van der Waals surface area contributed by atoms with Gasteiger partial charge in [-0.2, -0.15) is 26.3 Å². The first-order valence-electron chi connectivity index (χ1n) is 10.6. The van der Waals surface area contributed by atoms with E-state index in [1.807, 2.05) is 6.26 Å². The van der Waals surface area contributed by atoms with Crippen molar-refractivity contribution in [3.8, 4) is 0 Å². The minimum atomic E-state index is -6.17. The molecule has 0 N–H and O–H groups in total. The van der Waals surface area contributed by atoms with Gasteiger partial charge in [-0.05, 0) is 43.1 Å². The fraction of sp³-hybridized carbons (Fsp3) is 0.667. The molecular formula is C21H24F7N3O2S. The Balaban J connectivity index is 1.57. The molecule has 0 aromatic carbocycles. The third-order valence-electron chi connectivity index (χ3n) is 6.68. The van der Waals surface area contributed by atoms with Crippen molar-refractivity contribution in [3.63, 3.8) is 0 Å². The van der Waals surface area contributed by atoms with Crippen molar-refractivity contribution in [1.29, 1.82) is 0 Å². The summed E-state index contributed by atoms with van der Waals surface area (Å²) in [5.41, 5.74) is -5.32. The smallest absolute Gasteiger partial charge is 0.342 e. The van der Waals surface area contributed by atoms with Crippen molar-refractivity contribution in [2.45, 2.75) is 55.2 Å². The van der Waals surface area contributed by atoms with Crippen LogP contribution in [0.25, 0.3) is 0 Å². The summed E-state index contributed by atoms with van der Waals surface area (Å²) < 4.78 is 90.2. The number of pyridine rings is 1. The largest absolute Gasteiger partial charge is 0.431 e. The van der Waals surface area contributed by atoms with Crippen molar-refractivity contribution in [2.24, 2.45) is 5.41 Å². The number of nitrogens with zero attached hydrogens (tertiary/aromatic N) is 3. The molecule has 190 valence electrons. The van der Waals surface area contributed by atoms with E-state index < -0.39 is 36.8 Å². The van der Waals surface area contributed by atoms with Gasteiger partial charge in [-0.1, -0.05) is 0 Å². The lowest BCUT2D eigenvalue weighted by Crippen LogP contribution is -2.53. The number of carbonyl (C=O) groups excluding carboxylic acids is 2. The fourth-order valence-electron chi connectivity index (χ4n) is 4.51. The van der Waals surface area contributed by atoms with E-state index in [9.17, 15) is 40.3 Å². The second-order valence-corrected chi connectivity index (χ2v) is 9.51. The third kappa shape index (κ3) is 5.13. The molecule has 0 unspecified atom stereocenters. The molecule has 1 aromatic rings. The standard InChI is InChI=1S/C21H24F7N3O2S/c1-34-16-14(3-2-9-29-16)17(33)30-10-6-18(7-11-30)8-12-31(13-18)15(32)4-5-19(22,20(23,24)25)21(26,27)28/h2-3,9H,4-8,10-13H2,1H3. The number of rotatable bonds is 5. The summed E-state index contributed by atoms with van der Waals surface area (Å²) in [6.45, 7) is 1.14. The predicted molar refractivity (Wildman–Crippen MR) is 110 cm³/mol. The van der Waals surface area contributed by atoms with Crippen molar-refractivity contribution in [3.05, 3.63) is 23.9 Å². The minimum Gasteiger partial charge on any atom is -0.342 e. The van der Waals surface area contributed by atoms with E-state index in [0.29, 0.717) is 42.9 Å². The Morgan fingerprint density at radius 2 is 1.56 bits per heavy atom. The van der Waals surface area contributed by atoms with Crippen LogP contribution in [-0.2, 0) is 4.79 Å². The summed E-state index contributed by atoms with van der Waals surface area (Å²) in [5, 5.41) is 0.604. The molecule has 13 heteroatoms. The summed E-state index contributed by atoms with van der Waals surface area (Å²) in [4.78, 5) is 32.3. The van der Waals surface area contributed by atoms with Crippen LogP contribution in [-0.4, -0.2) is 77.1 Å². The van der Waals surface area contributed by atoms with Gasteiger partial charge < -0.3 is 9.80 Å². The molecule has 1 aromatic heterocycles. The molecule has 0 radical (unpaired) electrons. The third-order valence-corrected chi connectivity index (χ3v) is 7.39. The first-order valence-corrected chi connectivity index (χ1v) is 11.8. The molecule has 2 amide bonds. The number of aromatic nitrogens is 1. The van der Waals surface area contributed by atoms with Gasteiger partial charge in [0.05, 0.1) is 5.56 Å². The molecule has 3 rings (SSSR count). The van der Waals surface area contributed by atoms with Crippen LogP contribution in [0.15, 0.2) is 23.4 Å². The molecule has 2 aliphatic rings. The summed E-state index contributed by atoms with van der Waals surface area (Å²) in [6, 6.07) is 3.36. The van der Waals surface area contributed by atoms with E-state index in [0.717, 1.165) is 0 Å². The molecule has 0 saturated carbocycles. The number of alkyl halides is 7. The van der Waals surface area contributed by atoms with Gasteiger partial charge >= 0.3 is 12.4 Å². The molecule has 2 saturated heterocycles. The SMILES string of the molecule is CSc1ncccc1C(=O)N1CCC2(CCN(C(=O)CCC(F)(C(F)(F)F)C(F)(F)F)C2)CC1. The second-order valence-electron chi connectivity index (χ2n) is 8.71. The number of halogens is 7. The van der Waals surface area contributed by atoms with Gasteiger partial charge in [0.25, 0.3) is 11.6 Å². The highest BCUT2D eigenvalue weighted by Crippen LogP contribution is 2.49. The number of amides is 2. The first kappa shape index (κ1) is 26.6. The first-order chi connectivity index (χ1) is 15.7. The summed E-state index contributed by atoms with van der Waals surface area (Å²) in [5.74, 6) is -1.11. The Labute approximate surface area is 196 Å². The van der Waals surface area contributed by atoms with Crippen LogP contribution in [0.4, 0.5) is 30.7 Å². The fourth-order valence-corrected chi connectivity index (χ4v) is 5.05. The number of hydrogen-bond acceptors (Lipinski definition) is 4. The summed E-state index contributed by atoms with van der Waals surface area (Å²) in [6.07, 6.45) is -10.5. The molecule has 1 spiro atoms. The lowest BCUT2D eigenvalue weighted by Gasteiger charge is -2.39. The Bertz CT molecular complexity index is 900. The van der Waals surface area contributed by atoms with Crippen LogP contribution >= 0.6 is 11.8 Å². The monoisotopic (exact) mass is 515 g/mol. The highest BCUT2D eigenvalue weighted by atomic mass is 32.2. The van der Waals surface area contributed by atoms with E-state index in [-0.39, 0.29) is 24.4 Å². The number of likely N-dealkylation sites (tertiary alicyclic amines) is 2. The van der Waals surface area contributed by atoms with Crippen molar-refractivity contribution < 1.29 is 40.3 Å². The maximum Gasteiger partial charge on any atom is 0.431 e. The van der Waals surface area contributed by atoms with Crippen molar-refractivity contribution >= 4 is 23.6 Å². The molecule has 0 atom stereocenters. The zero-order chi connectivity index (χ0) is 25.4. The van der Waals surface area contributed by atoms with Crippen molar-refractivity contribution in [2.75, 3.05) is 32.4 Å². The Morgan fingerprint density at radius 3 is 2.09 bits per heavy atom. The van der Waals surface area contributed by atoms with Crippen LogP contribution in [0.3, 0.4) is 0 Å². The molecule has 34 heavy (non-hydrogen) atoms. The summed E-state index contributed by atoms with van der Waals surface area (Å²) in [7, 11) is 0. The number of hydrogen-bond donors (Lipinski definition) is 0. The van der Waals surface area contributed by atoms with Crippen LogP contribution in [0, 0.1) is 5.41 Å². The zero-order valence-corrected chi connectivity index (χ0v) is 19.1. The van der Waals surface area contributed by atoms with Gasteiger partial charge in [-0.25, -0.2) is 9.37 Å². The number of thioether (sulfide) groups is 1. The summed E-state index contributed by atoms with van der Waals surface area (Å²) >= 11 is 1.35. The van der Waals surface area contributed by atoms with Gasteiger partial charge in [-0.3, -0.25) is 9.59 Å². The van der Waals surface area contributed by atoms with E-state index in [1.165, 1.54) is 16.7 Å². The Kier molecular flexibility index (Phi) is 7.45. The molecule has 2 aliphatic heterocycles. The highest BCUT2D eigenvalue weighted by molar-refractivity contribution is 7.98. The van der Waals surface area contributed by atoms with Gasteiger partial charge in [0.1, 0.15) is 5.03 Å². The van der Waals surface area contributed by atoms with E-state index in [1.54, 1.807) is 23.2 Å². The maximum atomic E-state index is 13.8. The molecule has 2 fully saturated rings. The van der Waals surface area contributed by atoms with E-state index in [4.69, 9.17) is 0 Å². The van der Waals surface area contributed by atoms with Gasteiger partial charge in [0.2, 0.25) is 5.91 Å². The number of carbonyl (C=O) groups is 2. The quantitative estimate of drug-likeness (QED) is 0.415. The Hall–Kier alpha value is -2.05. The highest BCUT2D eigenvalue weighted by Gasteiger charge is 2.72. The van der Waals surface area contributed by atoms with Crippen LogP contribution in [0.5, 0.6) is 0 Å². The van der Waals surface area contributed by atoms with Gasteiger partial charge in [0, 0.05) is 45.2 Å². The lowest BCUT2D eigenvalue weighted by atomic mass is 9.77. The number of piperidine rings is 1. The Morgan fingerprint density at radius 1 is 1.00 bits per heavy atom. The zero-order valence-electron chi connectivity index (χ0n) is 18.3. The maximum absolute atomic E-state index is 13.8. The van der Waals surface area contributed by atoms with Crippen LogP contribution < -0.4 is 0 Å². The average molecular weight is 515 g/mol. The molecule has 3 heterocycles. The van der Waals surface area contributed by atoms with Gasteiger partial charge in [0.15, 0.2) is 0 Å². The molecule has 0 bridgehead atoms. The van der Waals surface area contributed by atoms with Crippen LogP contribution in [0.2, 0.25) is 0 Å². The molecule has 5 nitrogen and oxygen atoms in total. The normalized spacial score (nSPS) is 19.1. The minimum absolute atomic E-state index is 0.161. The van der Waals surface area contributed by atoms with Crippen LogP contribution in [0.1, 0.15) is 42.5 Å². The van der Waals surface area contributed by atoms with Gasteiger partial charge in [-0.15, -0.1) is 11.8 Å². The van der Waals surface area contributed by atoms with E-state index >= 15 is 0 Å². The molecule has 0 aliphatic carbocycles. The van der Waals surface area contributed by atoms with Crippen molar-refractivity contribution in [1.82, 2.24) is 14.8 Å². The lowest BCUT2D eigenvalue weighted by molar-refractivity contribution is -0.343. The topological polar surface area (TPSA) is 53.5 Å². The second kappa shape index (κ2) is 9.54. The van der Waals surface area contributed by atoms with E-state index in [2.05, 4.69) is 4.98 Å².